The van der Waals surface area contributed by atoms with Crippen molar-refractivity contribution in [1.29, 1.82) is 0 Å². The highest BCUT2D eigenvalue weighted by molar-refractivity contribution is 5.83. The first kappa shape index (κ1) is 14.9. The zero-order valence-corrected chi connectivity index (χ0v) is 12.7. The highest BCUT2D eigenvalue weighted by Crippen LogP contribution is 2.21. The van der Waals surface area contributed by atoms with Crippen LogP contribution in [0.15, 0.2) is 24.3 Å². The summed E-state index contributed by atoms with van der Waals surface area (Å²) in [5, 5.41) is 0. The van der Waals surface area contributed by atoms with Crippen LogP contribution in [0.2, 0.25) is 0 Å². The number of nitrogens with two attached hydrogens (primary N) is 1. The van der Waals surface area contributed by atoms with E-state index in [9.17, 15) is 4.79 Å². The molecule has 1 aromatic carbocycles. The summed E-state index contributed by atoms with van der Waals surface area (Å²) in [7, 11) is 4.04. The van der Waals surface area contributed by atoms with E-state index >= 15 is 0 Å². The molecule has 1 heterocycles. The quantitative estimate of drug-likeness (QED) is 0.854. The van der Waals surface area contributed by atoms with Gasteiger partial charge < -0.3 is 15.5 Å². The van der Waals surface area contributed by atoms with E-state index in [1.54, 1.807) is 0 Å². The second-order valence-corrected chi connectivity index (χ2v) is 5.89. The molecule has 20 heavy (non-hydrogen) atoms. The van der Waals surface area contributed by atoms with Crippen molar-refractivity contribution in [2.45, 2.75) is 31.7 Å². The monoisotopic (exact) mass is 275 g/mol. The zero-order chi connectivity index (χ0) is 14.7. The topological polar surface area (TPSA) is 49.6 Å². The number of rotatable bonds is 4. The number of benzene rings is 1. The lowest BCUT2D eigenvalue weighted by Gasteiger charge is -2.28. The van der Waals surface area contributed by atoms with Crippen molar-refractivity contribution in [3.8, 4) is 0 Å². The standard InChI is InChI=1S/C16H25N3O/c1-12(13-6-4-7-14(17)10-13)16(20)19(3)11-15-8-5-9-18(15)2/h4,6-7,10,12,15H,5,8-9,11,17H2,1-3H3. The first-order chi connectivity index (χ1) is 9.49. The highest BCUT2D eigenvalue weighted by Gasteiger charge is 2.26. The molecule has 2 rings (SSSR count). The smallest absolute Gasteiger partial charge is 0.229 e. The minimum Gasteiger partial charge on any atom is -0.399 e. The fraction of sp³-hybridized carbons (Fsp3) is 0.562. The Morgan fingerprint density at radius 2 is 2.30 bits per heavy atom. The molecule has 1 fully saturated rings. The van der Waals surface area contributed by atoms with Crippen molar-refractivity contribution >= 4 is 11.6 Å². The van der Waals surface area contributed by atoms with Gasteiger partial charge in [-0.15, -0.1) is 0 Å². The van der Waals surface area contributed by atoms with E-state index in [4.69, 9.17) is 5.73 Å². The van der Waals surface area contributed by atoms with Crippen LogP contribution >= 0.6 is 0 Å². The first-order valence-electron chi connectivity index (χ1n) is 7.29. The minimum absolute atomic E-state index is 0.143. The second-order valence-electron chi connectivity index (χ2n) is 5.89. The van der Waals surface area contributed by atoms with Crippen molar-refractivity contribution in [2.24, 2.45) is 0 Å². The summed E-state index contributed by atoms with van der Waals surface area (Å²) < 4.78 is 0. The minimum atomic E-state index is -0.143. The number of amides is 1. The van der Waals surface area contributed by atoms with Crippen LogP contribution in [-0.2, 0) is 4.79 Å². The maximum Gasteiger partial charge on any atom is 0.229 e. The first-order valence-corrected chi connectivity index (χ1v) is 7.29. The number of likely N-dealkylation sites (N-methyl/N-ethyl adjacent to an activating group) is 2. The van der Waals surface area contributed by atoms with E-state index in [2.05, 4.69) is 11.9 Å². The molecule has 4 heteroatoms. The number of carbonyl (C=O) groups is 1. The molecule has 2 N–H and O–H groups in total. The molecular weight excluding hydrogens is 250 g/mol. The van der Waals surface area contributed by atoms with E-state index in [-0.39, 0.29) is 11.8 Å². The Hall–Kier alpha value is -1.55. The predicted octanol–water partition coefficient (Wildman–Crippen LogP) is 1.92. The van der Waals surface area contributed by atoms with Gasteiger partial charge in [-0.3, -0.25) is 4.79 Å². The Bertz CT molecular complexity index is 475. The van der Waals surface area contributed by atoms with Crippen LogP contribution in [0.4, 0.5) is 5.69 Å². The molecule has 1 saturated heterocycles. The lowest BCUT2D eigenvalue weighted by atomic mass is 9.99. The third kappa shape index (κ3) is 3.31. The maximum absolute atomic E-state index is 12.5. The van der Waals surface area contributed by atoms with Crippen molar-refractivity contribution in [3.05, 3.63) is 29.8 Å². The molecule has 1 aliphatic heterocycles. The van der Waals surface area contributed by atoms with Gasteiger partial charge in [-0.25, -0.2) is 0 Å². The van der Waals surface area contributed by atoms with Crippen LogP contribution in [0.5, 0.6) is 0 Å². The predicted molar refractivity (Wildman–Crippen MR) is 82.6 cm³/mol. The summed E-state index contributed by atoms with van der Waals surface area (Å²) in [6, 6.07) is 8.10. The van der Waals surface area contributed by atoms with E-state index in [0.717, 1.165) is 18.7 Å². The molecule has 0 aliphatic carbocycles. The summed E-state index contributed by atoms with van der Waals surface area (Å²) in [6.45, 7) is 3.89. The lowest BCUT2D eigenvalue weighted by Crippen LogP contribution is -2.41. The summed E-state index contributed by atoms with van der Waals surface area (Å²) in [5.41, 5.74) is 7.49. The number of nitrogen functional groups attached to an aromatic ring is 1. The van der Waals surface area contributed by atoms with Crippen LogP contribution in [0, 0.1) is 0 Å². The average Bonchev–Trinajstić information content (AvgIpc) is 2.82. The van der Waals surface area contributed by atoms with Gasteiger partial charge in [-0.2, -0.15) is 0 Å². The van der Waals surface area contributed by atoms with Gasteiger partial charge in [0.05, 0.1) is 5.92 Å². The van der Waals surface area contributed by atoms with Gasteiger partial charge in [0.15, 0.2) is 0 Å². The Balaban J connectivity index is 1.99. The van der Waals surface area contributed by atoms with E-state index in [1.807, 2.05) is 43.1 Å². The van der Waals surface area contributed by atoms with Crippen molar-refractivity contribution in [1.82, 2.24) is 9.80 Å². The Morgan fingerprint density at radius 3 is 2.90 bits per heavy atom. The maximum atomic E-state index is 12.5. The molecule has 0 saturated carbocycles. The fourth-order valence-electron chi connectivity index (χ4n) is 2.92. The summed E-state index contributed by atoms with van der Waals surface area (Å²) in [4.78, 5) is 16.7. The SMILES string of the molecule is CC(C(=O)N(C)CC1CCCN1C)c1cccc(N)c1. The number of likely N-dealkylation sites (tertiary alicyclic amines) is 1. The number of nitrogens with zero attached hydrogens (tertiary/aromatic N) is 2. The number of hydrogen-bond donors (Lipinski definition) is 1. The lowest BCUT2D eigenvalue weighted by molar-refractivity contribution is -0.131. The molecule has 2 atom stereocenters. The molecule has 0 aromatic heterocycles. The number of anilines is 1. The van der Waals surface area contributed by atoms with Crippen molar-refractivity contribution in [2.75, 3.05) is 32.9 Å². The molecule has 0 bridgehead atoms. The van der Waals surface area contributed by atoms with Crippen molar-refractivity contribution in [3.63, 3.8) is 0 Å². The normalized spacial score (nSPS) is 20.9. The van der Waals surface area contributed by atoms with E-state index in [1.165, 1.54) is 12.8 Å². The number of hydrogen-bond acceptors (Lipinski definition) is 3. The third-order valence-electron chi connectivity index (χ3n) is 4.31. The van der Waals surface area contributed by atoms with Gasteiger partial charge in [0.25, 0.3) is 0 Å². The van der Waals surface area contributed by atoms with Crippen molar-refractivity contribution < 1.29 is 4.79 Å². The molecule has 1 amide bonds. The van der Waals surface area contributed by atoms with Crippen LogP contribution in [0.3, 0.4) is 0 Å². The Kier molecular flexibility index (Phi) is 4.65. The largest absolute Gasteiger partial charge is 0.399 e. The van der Waals surface area contributed by atoms with E-state index < -0.39 is 0 Å². The van der Waals surface area contributed by atoms with Crippen LogP contribution in [-0.4, -0.2) is 48.9 Å². The van der Waals surface area contributed by atoms with Gasteiger partial charge in [-0.05, 0) is 51.1 Å². The van der Waals surface area contributed by atoms with Gasteiger partial charge in [0, 0.05) is 25.3 Å². The van der Waals surface area contributed by atoms with Crippen LogP contribution < -0.4 is 5.73 Å². The summed E-state index contributed by atoms with van der Waals surface area (Å²) >= 11 is 0. The van der Waals surface area contributed by atoms with Gasteiger partial charge in [0.1, 0.15) is 0 Å². The third-order valence-corrected chi connectivity index (χ3v) is 4.31. The Morgan fingerprint density at radius 1 is 1.55 bits per heavy atom. The van der Waals surface area contributed by atoms with Crippen LogP contribution in [0.1, 0.15) is 31.2 Å². The molecule has 0 radical (unpaired) electrons. The highest BCUT2D eigenvalue weighted by atomic mass is 16.2. The Labute approximate surface area is 121 Å². The molecular formula is C16H25N3O. The van der Waals surface area contributed by atoms with Crippen LogP contribution in [0.25, 0.3) is 0 Å². The fourth-order valence-corrected chi connectivity index (χ4v) is 2.92. The summed E-state index contributed by atoms with van der Waals surface area (Å²) in [5.74, 6) is 0.0195. The molecule has 110 valence electrons. The molecule has 4 nitrogen and oxygen atoms in total. The molecule has 1 aliphatic rings. The average molecular weight is 275 g/mol. The molecule has 1 aromatic rings. The second kappa shape index (κ2) is 6.27. The number of carbonyl (C=O) groups excluding carboxylic acids is 1. The van der Waals surface area contributed by atoms with E-state index in [0.29, 0.717) is 11.7 Å². The van der Waals surface area contributed by atoms with Gasteiger partial charge >= 0.3 is 0 Å². The zero-order valence-electron chi connectivity index (χ0n) is 12.7. The molecule has 0 spiro atoms. The summed E-state index contributed by atoms with van der Waals surface area (Å²) in [6.07, 6.45) is 2.41. The van der Waals surface area contributed by atoms with Gasteiger partial charge in [0.2, 0.25) is 5.91 Å². The van der Waals surface area contributed by atoms with Gasteiger partial charge in [-0.1, -0.05) is 12.1 Å². The molecule has 2 unspecified atom stereocenters.